The monoisotopic (exact) mass is 358 g/mol. The van der Waals surface area contributed by atoms with Crippen molar-refractivity contribution in [1.29, 1.82) is 0 Å². The van der Waals surface area contributed by atoms with Crippen LogP contribution in [0.25, 0.3) is 0 Å². The van der Waals surface area contributed by atoms with Gasteiger partial charge in [0.25, 0.3) is 5.91 Å². The number of hydrogen-bond donors (Lipinski definition) is 2. The van der Waals surface area contributed by atoms with Crippen molar-refractivity contribution in [3.63, 3.8) is 0 Å². The first-order chi connectivity index (χ1) is 12.2. The predicted molar refractivity (Wildman–Crippen MR) is 98.9 cm³/mol. The highest BCUT2D eigenvalue weighted by molar-refractivity contribution is 5.98. The number of methoxy groups -OCH3 is 1. The summed E-state index contributed by atoms with van der Waals surface area (Å²) in [5.41, 5.74) is 0.722. The zero-order chi connectivity index (χ0) is 19.3. The number of anilines is 1. The Hall–Kier alpha value is -2.89. The molecule has 0 radical (unpaired) electrons. The molecular formula is C20H23FN2O3. The largest absolute Gasteiger partial charge is 0.496 e. The lowest BCUT2D eigenvalue weighted by molar-refractivity contribution is -0.115. The molecule has 0 aliphatic heterocycles. The van der Waals surface area contributed by atoms with Gasteiger partial charge in [0.05, 0.1) is 13.5 Å². The molecule has 0 bridgehead atoms. The van der Waals surface area contributed by atoms with Gasteiger partial charge in [-0.25, -0.2) is 4.39 Å². The molecule has 0 aliphatic carbocycles. The summed E-state index contributed by atoms with van der Waals surface area (Å²) in [6.07, 6.45) is -0.172. The summed E-state index contributed by atoms with van der Waals surface area (Å²) in [4.78, 5) is 24.5. The van der Waals surface area contributed by atoms with Crippen molar-refractivity contribution in [3.05, 3.63) is 59.4 Å². The molecule has 0 spiro atoms. The fraction of sp³-hybridized carbons (Fsp3) is 0.300. The molecule has 0 fully saturated rings. The van der Waals surface area contributed by atoms with Gasteiger partial charge in [0, 0.05) is 22.4 Å². The first-order valence-electron chi connectivity index (χ1n) is 8.23. The van der Waals surface area contributed by atoms with Crippen molar-refractivity contribution in [2.75, 3.05) is 12.4 Å². The van der Waals surface area contributed by atoms with E-state index in [-0.39, 0.29) is 23.4 Å². The maximum Gasteiger partial charge on any atom is 0.251 e. The van der Waals surface area contributed by atoms with Gasteiger partial charge < -0.3 is 15.4 Å². The fourth-order valence-electron chi connectivity index (χ4n) is 2.42. The number of carbonyl (C=O) groups excluding carboxylic acids is 2. The second-order valence-corrected chi connectivity index (χ2v) is 6.93. The van der Waals surface area contributed by atoms with Crippen LogP contribution in [0.15, 0.2) is 42.5 Å². The molecule has 0 saturated heterocycles. The van der Waals surface area contributed by atoms with Crippen LogP contribution in [-0.4, -0.2) is 24.5 Å². The van der Waals surface area contributed by atoms with Gasteiger partial charge in [-0.3, -0.25) is 9.59 Å². The number of amides is 2. The number of nitrogens with one attached hydrogen (secondary N) is 2. The number of carbonyl (C=O) groups is 2. The molecule has 0 heterocycles. The van der Waals surface area contributed by atoms with Crippen LogP contribution in [-0.2, 0) is 11.2 Å². The van der Waals surface area contributed by atoms with Crippen molar-refractivity contribution >= 4 is 17.5 Å². The number of hydrogen-bond acceptors (Lipinski definition) is 3. The number of rotatable bonds is 5. The molecule has 0 aliphatic rings. The lowest BCUT2D eigenvalue weighted by Crippen LogP contribution is -2.40. The van der Waals surface area contributed by atoms with Crippen molar-refractivity contribution in [1.82, 2.24) is 5.32 Å². The molecule has 2 N–H and O–H groups in total. The Bertz CT molecular complexity index is 813. The van der Waals surface area contributed by atoms with Crippen LogP contribution in [0.2, 0.25) is 0 Å². The Morgan fingerprint density at radius 1 is 1.12 bits per heavy atom. The van der Waals surface area contributed by atoms with Crippen LogP contribution in [0.3, 0.4) is 0 Å². The van der Waals surface area contributed by atoms with Crippen LogP contribution in [0, 0.1) is 5.82 Å². The van der Waals surface area contributed by atoms with Crippen molar-refractivity contribution < 1.29 is 18.7 Å². The molecule has 2 aromatic carbocycles. The SMILES string of the molecule is COc1cccc(F)c1CC(=O)Nc1cccc(C(=O)NC(C)(C)C)c1. The van der Waals surface area contributed by atoms with Crippen LogP contribution in [0.5, 0.6) is 5.75 Å². The molecule has 0 unspecified atom stereocenters. The summed E-state index contributed by atoms with van der Waals surface area (Å²) in [6, 6.07) is 11.0. The standard InChI is InChI=1S/C20H23FN2O3/c1-20(2,3)23-19(25)13-7-5-8-14(11-13)22-18(24)12-15-16(21)9-6-10-17(15)26-4/h5-11H,12H2,1-4H3,(H,22,24)(H,23,25). The maximum absolute atomic E-state index is 14.0. The average Bonchev–Trinajstić information content (AvgIpc) is 2.55. The van der Waals surface area contributed by atoms with Crippen LogP contribution in [0.1, 0.15) is 36.7 Å². The van der Waals surface area contributed by atoms with E-state index in [2.05, 4.69) is 10.6 Å². The quantitative estimate of drug-likeness (QED) is 0.859. The number of halogens is 1. The highest BCUT2D eigenvalue weighted by Gasteiger charge is 2.17. The summed E-state index contributed by atoms with van der Waals surface area (Å²) in [5.74, 6) is -0.817. The molecule has 0 aromatic heterocycles. The zero-order valence-corrected chi connectivity index (χ0v) is 15.4. The first-order valence-corrected chi connectivity index (χ1v) is 8.23. The second kappa shape index (κ2) is 7.99. The van der Waals surface area contributed by atoms with Gasteiger partial charge in [-0.2, -0.15) is 0 Å². The summed E-state index contributed by atoms with van der Waals surface area (Å²) in [6.45, 7) is 5.66. The number of benzene rings is 2. The van der Waals surface area contributed by atoms with Crippen LogP contribution >= 0.6 is 0 Å². The Labute approximate surface area is 152 Å². The molecule has 0 saturated carbocycles. The van der Waals surface area contributed by atoms with E-state index in [1.54, 1.807) is 30.3 Å². The lowest BCUT2D eigenvalue weighted by atomic mass is 10.1. The second-order valence-electron chi connectivity index (χ2n) is 6.93. The zero-order valence-electron chi connectivity index (χ0n) is 15.4. The van der Waals surface area contributed by atoms with Crippen molar-refractivity contribution in [3.8, 4) is 5.75 Å². The van der Waals surface area contributed by atoms with E-state index in [1.165, 1.54) is 19.2 Å². The molecule has 2 rings (SSSR count). The van der Waals surface area contributed by atoms with Gasteiger partial charge in [0.15, 0.2) is 0 Å². The number of ether oxygens (including phenoxy) is 1. The molecule has 2 aromatic rings. The predicted octanol–water partition coefficient (Wildman–Crippen LogP) is 3.54. The Balaban J connectivity index is 2.11. The molecule has 2 amide bonds. The Morgan fingerprint density at radius 3 is 2.46 bits per heavy atom. The summed E-state index contributed by atoms with van der Waals surface area (Å²) in [5, 5.41) is 5.55. The van der Waals surface area contributed by atoms with Crippen molar-refractivity contribution in [2.24, 2.45) is 0 Å². The normalized spacial score (nSPS) is 11.0. The summed E-state index contributed by atoms with van der Waals surface area (Å²) >= 11 is 0. The van der Waals surface area contributed by atoms with E-state index < -0.39 is 11.7 Å². The topological polar surface area (TPSA) is 67.4 Å². The molecule has 0 atom stereocenters. The minimum atomic E-state index is -0.502. The smallest absolute Gasteiger partial charge is 0.251 e. The van der Waals surface area contributed by atoms with E-state index in [4.69, 9.17) is 4.74 Å². The van der Waals surface area contributed by atoms with E-state index in [0.29, 0.717) is 17.0 Å². The van der Waals surface area contributed by atoms with Crippen LogP contribution < -0.4 is 15.4 Å². The first kappa shape index (κ1) is 19.4. The van der Waals surface area contributed by atoms with Gasteiger partial charge in [0.2, 0.25) is 5.91 Å². The minimum absolute atomic E-state index is 0.172. The molecular weight excluding hydrogens is 335 g/mol. The van der Waals surface area contributed by atoms with Gasteiger partial charge >= 0.3 is 0 Å². The van der Waals surface area contributed by atoms with E-state index in [0.717, 1.165) is 0 Å². The lowest BCUT2D eigenvalue weighted by Gasteiger charge is -2.20. The summed E-state index contributed by atoms with van der Waals surface area (Å²) < 4.78 is 19.1. The average molecular weight is 358 g/mol. The van der Waals surface area contributed by atoms with Gasteiger partial charge in [0.1, 0.15) is 11.6 Å². The summed E-state index contributed by atoms with van der Waals surface area (Å²) in [7, 11) is 1.42. The molecule has 26 heavy (non-hydrogen) atoms. The highest BCUT2D eigenvalue weighted by Crippen LogP contribution is 2.22. The molecule has 6 heteroatoms. The third-order valence-corrected chi connectivity index (χ3v) is 3.53. The fourth-order valence-corrected chi connectivity index (χ4v) is 2.42. The van der Waals surface area contributed by atoms with Crippen LogP contribution in [0.4, 0.5) is 10.1 Å². The Kier molecular flexibility index (Phi) is 5.97. The van der Waals surface area contributed by atoms with E-state index >= 15 is 0 Å². The maximum atomic E-state index is 14.0. The minimum Gasteiger partial charge on any atom is -0.496 e. The van der Waals surface area contributed by atoms with E-state index in [1.807, 2.05) is 20.8 Å². The van der Waals surface area contributed by atoms with Gasteiger partial charge in [-0.05, 0) is 51.1 Å². The third-order valence-electron chi connectivity index (χ3n) is 3.53. The highest BCUT2D eigenvalue weighted by atomic mass is 19.1. The van der Waals surface area contributed by atoms with Gasteiger partial charge in [-0.15, -0.1) is 0 Å². The Morgan fingerprint density at radius 2 is 1.81 bits per heavy atom. The molecule has 138 valence electrons. The third kappa shape index (κ3) is 5.31. The van der Waals surface area contributed by atoms with E-state index in [9.17, 15) is 14.0 Å². The van der Waals surface area contributed by atoms with Gasteiger partial charge in [-0.1, -0.05) is 12.1 Å². The molecule has 5 nitrogen and oxygen atoms in total. The van der Waals surface area contributed by atoms with Crippen molar-refractivity contribution in [2.45, 2.75) is 32.7 Å².